The molecule has 1 nitrogen and oxygen atoms in total. The number of hydrogen-bond donors (Lipinski definition) is 0. The van der Waals surface area contributed by atoms with E-state index < -0.39 is 144 Å². The minimum absolute atomic E-state index is 0.949. The number of rotatable bonds is 6. The summed E-state index contributed by atoms with van der Waals surface area (Å²) in [4.78, 5) is 0. The third kappa shape index (κ3) is 6.81. The molecule has 0 unspecified atom stereocenters. The smallest absolute Gasteiger partial charge is 0.207 e. The first-order valence-electron chi connectivity index (χ1n) is 16.3. The summed E-state index contributed by atoms with van der Waals surface area (Å²) in [6.07, 6.45) is -7.22. The Morgan fingerprint density at radius 3 is 0.902 bits per heavy atom. The molecule has 318 valence electrons. The number of aromatic nitrogens is 1. The molecule has 0 aliphatic carbocycles. The number of para-hydroxylation sites is 1. The lowest BCUT2D eigenvalue weighted by Gasteiger charge is -2.44. The molecule has 7 rings (SSSR count). The molecule has 0 saturated heterocycles. The van der Waals surface area contributed by atoms with Crippen molar-refractivity contribution in [3.8, 4) is 0 Å². The monoisotopic (exact) mass is 905 g/mol. The van der Waals surface area contributed by atoms with E-state index in [1.54, 1.807) is 11.3 Å². The zero-order valence-corrected chi connectivity index (χ0v) is 29.8. The van der Waals surface area contributed by atoms with Gasteiger partial charge in [0, 0.05) is 11.6 Å². The zero-order valence-electron chi connectivity index (χ0n) is 29.0. The molecular formula is C38H12BF20NS. The molecule has 0 bridgehead atoms. The van der Waals surface area contributed by atoms with Crippen molar-refractivity contribution >= 4 is 49.6 Å². The topological polar surface area (TPSA) is 3.88 Å². The molecule has 23 heteroatoms. The van der Waals surface area contributed by atoms with E-state index in [4.69, 9.17) is 0 Å². The van der Waals surface area contributed by atoms with Crippen LogP contribution in [0.1, 0.15) is 5.56 Å². The fourth-order valence-corrected chi connectivity index (χ4v) is 7.64. The highest BCUT2D eigenvalue weighted by atomic mass is 32.1. The summed E-state index contributed by atoms with van der Waals surface area (Å²) in [7, 11) is 0. The Bertz CT molecular complexity index is 2520. The minimum atomic E-state index is -7.22. The van der Waals surface area contributed by atoms with Gasteiger partial charge in [-0.15, -0.1) is 21.9 Å². The van der Waals surface area contributed by atoms with Crippen LogP contribution in [0.5, 0.6) is 0 Å². The number of fused-ring (bicyclic) bond motifs is 1. The zero-order chi connectivity index (χ0) is 45.2. The van der Waals surface area contributed by atoms with Gasteiger partial charge in [0.15, 0.2) is 76.4 Å². The van der Waals surface area contributed by atoms with E-state index in [9.17, 15) is 52.7 Å². The summed E-state index contributed by atoms with van der Waals surface area (Å²) in [6, 6.07) is 19.1. The van der Waals surface area contributed by atoms with Crippen LogP contribution in [-0.2, 0) is 6.54 Å². The molecule has 0 aliphatic rings. The van der Waals surface area contributed by atoms with Crippen LogP contribution in [0.4, 0.5) is 87.8 Å². The van der Waals surface area contributed by atoms with Gasteiger partial charge in [0.25, 0.3) is 0 Å². The highest BCUT2D eigenvalue weighted by Gasteiger charge is 2.52. The van der Waals surface area contributed by atoms with Crippen molar-refractivity contribution in [2.75, 3.05) is 0 Å². The van der Waals surface area contributed by atoms with Crippen LogP contribution < -0.4 is 26.4 Å². The van der Waals surface area contributed by atoms with Crippen LogP contribution in [0.15, 0.2) is 60.1 Å². The number of hydrogen-bond acceptors (Lipinski definition) is 1. The average Bonchev–Trinajstić information content (AvgIpc) is 3.66. The lowest BCUT2D eigenvalue weighted by molar-refractivity contribution is -0.658. The quantitative estimate of drug-likeness (QED) is 0.0516. The van der Waals surface area contributed by atoms with E-state index in [1.165, 1.54) is 15.8 Å². The summed E-state index contributed by atoms with van der Waals surface area (Å²) in [6.45, 7) is 0.949. The van der Waals surface area contributed by atoms with E-state index in [1.807, 2.05) is 0 Å². The molecule has 0 N–H and O–H groups in total. The fourth-order valence-electron chi connectivity index (χ4n) is 6.75. The van der Waals surface area contributed by atoms with Crippen LogP contribution >= 0.6 is 11.3 Å². The minimum Gasteiger partial charge on any atom is -0.207 e. The van der Waals surface area contributed by atoms with Crippen molar-refractivity contribution in [3.05, 3.63) is 182 Å². The lowest BCUT2D eigenvalue weighted by Crippen LogP contribution is -2.81. The van der Waals surface area contributed by atoms with Gasteiger partial charge in [-0.1, -0.05) is 53.8 Å². The van der Waals surface area contributed by atoms with Crippen molar-refractivity contribution in [1.29, 1.82) is 0 Å². The van der Waals surface area contributed by atoms with Gasteiger partial charge in [0.1, 0.15) is 57.4 Å². The second-order valence-corrected chi connectivity index (χ2v) is 13.5. The molecule has 61 heavy (non-hydrogen) atoms. The Labute approximate surface area is 330 Å². The second-order valence-electron chi connectivity index (χ2n) is 12.6. The maximum Gasteiger partial charge on any atom is 0.226 e. The Morgan fingerprint density at radius 2 is 0.590 bits per heavy atom. The maximum absolute atomic E-state index is 15.4. The van der Waals surface area contributed by atoms with Crippen LogP contribution in [0.3, 0.4) is 0 Å². The van der Waals surface area contributed by atoms with Gasteiger partial charge < -0.3 is 0 Å². The van der Waals surface area contributed by atoms with Crippen LogP contribution in [0.2, 0.25) is 0 Å². The van der Waals surface area contributed by atoms with Crippen LogP contribution in [-0.4, -0.2) is 6.15 Å². The molecule has 0 atom stereocenters. The Hall–Kier alpha value is -6.13. The third-order valence-electron chi connectivity index (χ3n) is 9.38. The first-order valence-corrected chi connectivity index (χ1v) is 17.1. The second kappa shape index (κ2) is 16.4. The highest BCUT2D eigenvalue weighted by molar-refractivity contribution is 7.20. The molecular weight excluding hydrogens is 893 g/mol. The first kappa shape index (κ1) is 44.4. The Kier molecular flexibility index (Phi) is 11.9. The van der Waals surface area contributed by atoms with E-state index in [0.29, 0.717) is 0 Å². The van der Waals surface area contributed by atoms with Crippen molar-refractivity contribution in [1.82, 2.24) is 0 Å². The van der Waals surface area contributed by atoms with Gasteiger partial charge >= 0.3 is 0 Å². The number of halogens is 20. The third-order valence-corrected chi connectivity index (χ3v) is 10.3. The van der Waals surface area contributed by atoms with Gasteiger partial charge in [-0.2, -0.15) is 4.57 Å². The van der Waals surface area contributed by atoms with Gasteiger partial charge in [-0.05, 0) is 6.07 Å². The summed E-state index contributed by atoms with van der Waals surface area (Å²) in [5.41, 5.74) is -9.48. The summed E-state index contributed by atoms with van der Waals surface area (Å²) >= 11 is 1.80. The maximum atomic E-state index is 15.4. The van der Waals surface area contributed by atoms with Gasteiger partial charge in [-0.25, -0.2) is 87.8 Å². The van der Waals surface area contributed by atoms with Gasteiger partial charge in [0.05, 0.1) is 0 Å². The average molecular weight is 905 g/mol. The van der Waals surface area contributed by atoms with Crippen molar-refractivity contribution < 1.29 is 92.4 Å². The predicted octanol–water partition coefficient (Wildman–Crippen LogP) is 9.08. The van der Waals surface area contributed by atoms with E-state index >= 15 is 35.1 Å². The summed E-state index contributed by atoms with van der Waals surface area (Å²) in [5, 5.41) is 0. The van der Waals surface area contributed by atoms with Crippen LogP contribution in [0.25, 0.3) is 10.2 Å². The molecule has 0 radical (unpaired) electrons. The van der Waals surface area contributed by atoms with E-state index in [2.05, 4.69) is 64.7 Å². The Morgan fingerprint density at radius 1 is 0.328 bits per heavy atom. The molecule has 6 aromatic carbocycles. The largest absolute Gasteiger partial charge is 0.226 e. The van der Waals surface area contributed by atoms with Crippen molar-refractivity contribution in [3.63, 3.8) is 0 Å². The predicted molar refractivity (Wildman–Crippen MR) is 177 cm³/mol. The van der Waals surface area contributed by atoms with E-state index in [0.717, 1.165) is 6.54 Å². The van der Waals surface area contributed by atoms with Crippen molar-refractivity contribution in [2.24, 2.45) is 0 Å². The van der Waals surface area contributed by atoms with Gasteiger partial charge in [-0.3, -0.25) is 0 Å². The standard InChI is InChI=1S/C24BF20.C14H12NS/c26-5-1(6(27)14(35)21(42)13(5)34)25(2-7(28)15(36)22(43)16(37)8(2)29,3-9(30)17(38)23(44)18(39)10(3)31)4-11(32)19(40)24(45)20(41)12(4)33;1-2-6-12(7-3-1)10-15-11-16-14-9-5-4-8-13(14)15/h;1-9,11H,10H2/q-1;+1. The SMILES string of the molecule is Fc1c(F)c(F)c([B-](c2c(F)c(F)c(F)c(F)c2F)(c2c(F)c(F)c(F)c(F)c2F)c2c(F)c(F)c(F)c(F)c2F)c(F)c1F.c1ccc(C[n+]2csc3ccccc32)cc1. The normalized spacial score (nSPS) is 11.7. The molecule has 0 aliphatic heterocycles. The molecule has 7 aromatic rings. The Balaban J connectivity index is 0.000000321. The van der Waals surface area contributed by atoms with Gasteiger partial charge in [0.2, 0.25) is 11.0 Å². The summed E-state index contributed by atoms with van der Waals surface area (Å²) < 4.78 is 298. The van der Waals surface area contributed by atoms with Crippen LogP contribution in [0, 0.1) is 116 Å². The molecule has 1 aromatic heterocycles. The molecule has 0 saturated carbocycles. The van der Waals surface area contributed by atoms with Crippen molar-refractivity contribution in [2.45, 2.75) is 6.54 Å². The highest BCUT2D eigenvalue weighted by Crippen LogP contribution is 2.31. The number of nitrogens with zero attached hydrogens (tertiary/aromatic N) is 1. The summed E-state index contributed by atoms with van der Waals surface area (Å²) in [5.74, 6) is -71.4. The number of benzene rings is 6. The van der Waals surface area contributed by atoms with E-state index in [-0.39, 0.29) is 0 Å². The fraction of sp³-hybridized carbons (Fsp3) is 0.0263. The molecule has 0 fully saturated rings. The number of thiazole rings is 1. The lowest BCUT2D eigenvalue weighted by atomic mass is 9.12. The first-order chi connectivity index (χ1) is 28.6. The molecule has 1 heterocycles. The molecule has 0 spiro atoms. The molecule has 0 amide bonds.